The fraction of sp³-hybridized carbons (Fsp3) is 0.846. The Bertz CT molecular complexity index is 351. The minimum Gasteiger partial charge on any atom is -0.481 e. The number of carboxylic acid groups (broad SMARTS) is 1. The molecule has 1 fully saturated rings. The zero-order valence-corrected chi connectivity index (χ0v) is 11.5. The van der Waals surface area contributed by atoms with Crippen LogP contribution in [0.1, 0.15) is 39.0 Å². The molecule has 0 heterocycles. The highest BCUT2D eigenvalue weighted by Crippen LogP contribution is 2.36. The van der Waals surface area contributed by atoms with Crippen LogP contribution in [0.25, 0.3) is 0 Å². The van der Waals surface area contributed by atoms with Crippen LogP contribution in [-0.2, 0) is 14.3 Å². The molecule has 0 spiro atoms. The summed E-state index contributed by atoms with van der Waals surface area (Å²) >= 11 is 0. The van der Waals surface area contributed by atoms with Gasteiger partial charge in [-0.3, -0.25) is 9.59 Å². The highest BCUT2D eigenvalue weighted by atomic mass is 19.3. The molecule has 1 aliphatic rings. The van der Waals surface area contributed by atoms with E-state index < -0.39 is 30.5 Å². The van der Waals surface area contributed by atoms with Crippen molar-refractivity contribution >= 4 is 11.9 Å². The standard InChI is InChI=1S/C13H21F2NO4/c1-13(12(18)19)6-3-2-4-9(13)16-11(17)5-7-20-8-10(14)15/h9-10H,2-8H2,1H3,(H,16,17)(H,18,19). The van der Waals surface area contributed by atoms with Gasteiger partial charge in [-0.15, -0.1) is 0 Å². The molecule has 0 aromatic carbocycles. The lowest BCUT2D eigenvalue weighted by atomic mass is 9.71. The van der Waals surface area contributed by atoms with E-state index in [9.17, 15) is 23.5 Å². The van der Waals surface area contributed by atoms with E-state index in [0.29, 0.717) is 12.8 Å². The fourth-order valence-corrected chi connectivity index (χ4v) is 2.42. The lowest BCUT2D eigenvalue weighted by Crippen LogP contribution is -2.52. The summed E-state index contributed by atoms with van der Waals surface area (Å²) in [4.78, 5) is 23.0. The second-order valence-corrected chi connectivity index (χ2v) is 5.30. The number of hydrogen-bond acceptors (Lipinski definition) is 3. The van der Waals surface area contributed by atoms with E-state index in [1.165, 1.54) is 0 Å². The Morgan fingerprint density at radius 3 is 2.75 bits per heavy atom. The maximum atomic E-state index is 11.8. The third kappa shape index (κ3) is 4.70. The average molecular weight is 293 g/mol. The second kappa shape index (κ2) is 7.52. The van der Waals surface area contributed by atoms with E-state index in [1.54, 1.807) is 6.92 Å². The SMILES string of the molecule is CC1(C(=O)O)CCCCC1NC(=O)CCOCC(F)F. The van der Waals surface area contributed by atoms with Crippen LogP contribution in [0.4, 0.5) is 8.78 Å². The summed E-state index contributed by atoms with van der Waals surface area (Å²) in [7, 11) is 0. The van der Waals surface area contributed by atoms with E-state index in [-0.39, 0.29) is 18.9 Å². The molecule has 20 heavy (non-hydrogen) atoms. The minimum absolute atomic E-state index is 0.0427. The van der Waals surface area contributed by atoms with Gasteiger partial charge in [0.1, 0.15) is 6.61 Å². The van der Waals surface area contributed by atoms with Crippen molar-refractivity contribution < 1.29 is 28.2 Å². The molecule has 2 atom stereocenters. The Balaban J connectivity index is 2.41. The first-order valence-electron chi connectivity index (χ1n) is 6.75. The molecule has 0 aromatic heterocycles. The Morgan fingerprint density at radius 2 is 2.15 bits per heavy atom. The summed E-state index contributed by atoms with van der Waals surface area (Å²) in [5.41, 5.74) is -0.961. The number of nitrogens with one attached hydrogen (secondary N) is 1. The maximum Gasteiger partial charge on any atom is 0.311 e. The Hall–Kier alpha value is -1.24. The molecule has 7 heteroatoms. The van der Waals surface area contributed by atoms with Gasteiger partial charge in [0.25, 0.3) is 6.43 Å². The van der Waals surface area contributed by atoms with Gasteiger partial charge in [-0.2, -0.15) is 0 Å². The molecule has 2 unspecified atom stereocenters. The molecule has 0 bridgehead atoms. The molecule has 1 saturated carbocycles. The number of rotatable bonds is 7. The molecule has 0 radical (unpaired) electrons. The number of hydrogen-bond donors (Lipinski definition) is 2. The minimum atomic E-state index is -2.55. The predicted octanol–water partition coefficient (Wildman–Crippen LogP) is 1.81. The van der Waals surface area contributed by atoms with E-state index in [0.717, 1.165) is 12.8 Å². The van der Waals surface area contributed by atoms with Crippen molar-refractivity contribution in [3.05, 3.63) is 0 Å². The summed E-state index contributed by atoms with van der Waals surface area (Å²) in [6.07, 6.45) is 0.245. The summed E-state index contributed by atoms with van der Waals surface area (Å²) in [6, 6.07) is -0.420. The number of alkyl halides is 2. The molecule has 5 nitrogen and oxygen atoms in total. The number of ether oxygens (including phenoxy) is 1. The quantitative estimate of drug-likeness (QED) is 0.702. The van der Waals surface area contributed by atoms with Crippen molar-refractivity contribution in [2.45, 2.75) is 51.5 Å². The van der Waals surface area contributed by atoms with E-state index >= 15 is 0 Å². The van der Waals surface area contributed by atoms with Gasteiger partial charge in [-0.05, 0) is 19.8 Å². The molecule has 0 aliphatic heterocycles. The first-order chi connectivity index (χ1) is 9.36. The summed E-state index contributed by atoms with van der Waals surface area (Å²) in [5.74, 6) is -1.28. The topological polar surface area (TPSA) is 75.6 Å². The largest absolute Gasteiger partial charge is 0.481 e. The number of aliphatic carboxylic acids is 1. The van der Waals surface area contributed by atoms with Gasteiger partial charge in [0.05, 0.1) is 12.0 Å². The van der Waals surface area contributed by atoms with Crippen LogP contribution in [0.2, 0.25) is 0 Å². The first kappa shape index (κ1) is 16.8. The van der Waals surface area contributed by atoms with Crippen LogP contribution in [0, 0.1) is 5.41 Å². The highest BCUT2D eigenvalue weighted by Gasteiger charge is 2.43. The van der Waals surface area contributed by atoms with Gasteiger partial charge < -0.3 is 15.2 Å². The number of halogens is 2. The molecule has 2 N–H and O–H groups in total. The number of carboxylic acids is 1. The zero-order chi connectivity index (χ0) is 15.2. The monoisotopic (exact) mass is 293 g/mol. The molecular weight excluding hydrogens is 272 g/mol. The molecule has 116 valence electrons. The fourth-order valence-electron chi connectivity index (χ4n) is 2.42. The van der Waals surface area contributed by atoms with Crippen LogP contribution >= 0.6 is 0 Å². The smallest absolute Gasteiger partial charge is 0.311 e. The number of carbonyl (C=O) groups excluding carboxylic acids is 1. The first-order valence-corrected chi connectivity index (χ1v) is 6.75. The van der Waals surface area contributed by atoms with Gasteiger partial charge in [0, 0.05) is 12.5 Å². The lowest BCUT2D eigenvalue weighted by molar-refractivity contribution is -0.152. The molecule has 1 aliphatic carbocycles. The Kier molecular flexibility index (Phi) is 6.32. The molecular formula is C13H21F2NO4. The number of carbonyl (C=O) groups is 2. The molecule has 1 amide bonds. The third-order valence-electron chi connectivity index (χ3n) is 3.75. The molecule has 0 aromatic rings. The van der Waals surface area contributed by atoms with E-state index in [2.05, 4.69) is 10.1 Å². The van der Waals surface area contributed by atoms with Crippen molar-refractivity contribution in [3.63, 3.8) is 0 Å². The zero-order valence-electron chi connectivity index (χ0n) is 11.5. The average Bonchev–Trinajstić information content (AvgIpc) is 2.37. The Labute approximate surface area is 116 Å². The van der Waals surface area contributed by atoms with Crippen LogP contribution in [0.3, 0.4) is 0 Å². The highest BCUT2D eigenvalue weighted by molar-refractivity contribution is 5.80. The van der Waals surface area contributed by atoms with E-state index in [4.69, 9.17) is 0 Å². The third-order valence-corrected chi connectivity index (χ3v) is 3.75. The summed E-state index contributed by atoms with van der Waals surface area (Å²) in [6.45, 7) is 0.850. The van der Waals surface area contributed by atoms with E-state index in [1.807, 2.05) is 0 Å². The van der Waals surface area contributed by atoms with Crippen LogP contribution in [0.5, 0.6) is 0 Å². The van der Waals surface area contributed by atoms with Gasteiger partial charge in [-0.1, -0.05) is 12.8 Å². The molecule has 0 saturated heterocycles. The Morgan fingerprint density at radius 1 is 1.45 bits per heavy atom. The predicted molar refractivity (Wildman–Crippen MR) is 67.6 cm³/mol. The van der Waals surface area contributed by atoms with Crippen molar-refractivity contribution in [1.82, 2.24) is 5.32 Å². The number of amides is 1. The second-order valence-electron chi connectivity index (χ2n) is 5.30. The van der Waals surface area contributed by atoms with Crippen molar-refractivity contribution in [2.24, 2.45) is 5.41 Å². The van der Waals surface area contributed by atoms with Crippen LogP contribution in [0.15, 0.2) is 0 Å². The van der Waals surface area contributed by atoms with Crippen molar-refractivity contribution in [1.29, 1.82) is 0 Å². The van der Waals surface area contributed by atoms with Gasteiger partial charge in [-0.25, -0.2) is 8.78 Å². The summed E-state index contributed by atoms with van der Waals surface area (Å²) < 4.78 is 28.3. The van der Waals surface area contributed by atoms with Crippen molar-refractivity contribution in [3.8, 4) is 0 Å². The molecule has 1 rings (SSSR count). The van der Waals surface area contributed by atoms with Gasteiger partial charge >= 0.3 is 5.97 Å². The normalized spacial score (nSPS) is 26.5. The lowest BCUT2D eigenvalue weighted by Gasteiger charge is -2.38. The van der Waals surface area contributed by atoms with Crippen LogP contribution in [-0.4, -0.2) is 42.7 Å². The van der Waals surface area contributed by atoms with Crippen molar-refractivity contribution in [2.75, 3.05) is 13.2 Å². The summed E-state index contributed by atoms with van der Waals surface area (Å²) in [5, 5.41) is 12.0. The maximum absolute atomic E-state index is 11.8. The van der Waals surface area contributed by atoms with Gasteiger partial charge in [0.2, 0.25) is 5.91 Å². The van der Waals surface area contributed by atoms with Gasteiger partial charge in [0.15, 0.2) is 0 Å². The van der Waals surface area contributed by atoms with Crippen LogP contribution < -0.4 is 5.32 Å².